The Morgan fingerprint density at radius 3 is 2.60 bits per heavy atom. The maximum Gasteiger partial charge on any atom is 0.0323 e. The Morgan fingerprint density at radius 2 is 1.93 bits per heavy atom. The molecular weight excluding hydrogens is 182 g/mol. The second-order valence-corrected chi connectivity index (χ2v) is 4.97. The van der Waals surface area contributed by atoms with E-state index < -0.39 is 0 Å². The second-order valence-electron chi connectivity index (χ2n) is 4.97. The maximum absolute atomic E-state index is 6.33. The van der Waals surface area contributed by atoms with Crippen LogP contribution in [-0.2, 0) is 0 Å². The van der Waals surface area contributed by atoms with Crippen LogP contribution in [0.5, 0.6) is 0 Å². The first-order valence-electron chi connectivity index (χ1n) is 6.08. The van der Waals surface area contributed by atoms with Crippen molar-refractivity contribution in [2.24, 2.45) is 17.6 Å². The van der Waals surface area contributed by atoms with Crippen LogP contribution in [0.2, 0.25) is 0 Å². The summed E-state index contributed by atoms with van der Waals surface area (Å²) >= 11 is 0. The van der Waals surface area contributed by atoms with E-state index in [0.29, 0.717) is 5.92 Å². The second kappa shape index (κ2) is 4.80. The molecule has 1 aliphatic carbocycles. The molecule has 0 bridgehead atoms. The zero-order valence-electron chi connectivity index (χ0n) is 9.52. The lowest BCUT2D eigenvalue weighted by Gasteiger charge is -2.31. The van der Waals surface area contributed by atoms with Gasteiger partial charge in [0.15, 0.2) is 0 Å². The van der Waals surface area contributed by atoms with Gasteiger partial charge in [-0.3, -0.25) is 0 Å². The van der Waals surface area contributed by atoms with Crippen molar-refractivity contribution in [3.8, 4) is 0 Å². The smallest absolute Gasteiger partial charge is 0.0323 e. The summed E-state index contributed by atoms with van der Waals surface area (Å²) in [5.74, 6) is 1.55. The summed E-state index contributed by atoms with van der Waals surface area (Å²) in [5, 5.41) is 0. The average molecular weight is 203 g/mol. The van der Waals surface area contributed by atoms with Crippen LogP contribution < -0.4 is 5.73 Å². The van der Waals surface area contributed by atoms with Crippen molar-refractivity contribution in [1.29, 1.82) is 0 Å². The molecule has 0 heterocycles. The third-order valence-electron chi connectivity index (χ3n) is 3.67. The lowest BCUT2D eigenvalue weighted by molar-refractivity contribution is 0.248. The van der Waals surface area contributed by atoms with Crippen LogP contribution in [0.25, 0.3) is 0 Å². The van der Waals surface area contributed by atoms with E-state index in [0.717, 1.165) is 5.92 Å². The van der Waals surface area contributed by atoms with Gasteiger partial charge in [0, 0.05) is 6.04 Å². The Bertz CT molecular complexity index is 293. The Labute approximate surface area is 92.7 Å². The molecule has 0 amide bonds. The lowest BCUT2D eigenvalue weighted by Crippen LogP contribution is -2.26. The number of benzene rings is 1. The monoisotopic (exact) mass is 203 g/mol. The average Bonchev–Trinajstić information content (AvgIpc) is 2.29. The van der Waals surface area contributed by atoms with Crippen molar-refractivity contribution in [2.45, 2.75) is 38.6 Å². The van der Waals surface area contributed by atoms with Gasteiger partial charge in [-0.05, 0) is 30.2 Å². The standard InChI is InChI=1S/C14H21N/c1-11-6-5-9-13(10-11)14(15)12-7-3-2-4-8-12/h2-4,7-8,11,13-14H,5-6,9-10,15H2,1H3. The van der Waals surface area contributed by atoms with E-state index >= 15 is 0 Å². The van der Waals surface area contributed by atoms with E-state index in [-0.39, 0.29) is 6.04 Å². The molecule has 0 saturated heterocycles. The van der Waals surface area contributed by atoms with E-state index in [9.17, 15) is 0 Å². The number of hydrogen-bond acceptors (Lipinski definition) is 1. The van der Waals surface area contributed by atoms with Crippen LogP contribution in [0, 0.1) is 11.8 Å². The van der Waals surface area contributed by atoms with E-state index in [1.807, 2.05) is 0 Å². The fraction of sp³-hybridized carbons (Fsp3) is 0.571. The van der Waals surface area contributed by atoms with Crippen LogP contribution in [0.3, 0.4) is 0 Å². The Balaban J connectivity index is 2.04. The number of nitrogens with two attached hydrogens (primary N) is 1. The van der Waals surface area contributed by atoms with E-state index in [1.54, 1.807) is 0 Å². The van der Waals surface area contributed by atoms with Gasteiger partial charge in [-0.25, -0.2) is 0 Å². The van der Waals surface area contributed by atoms with Gasteiger partial charge in [0.25, 0.3) is 0 Å². The minimum absolute atomic E-state index is 0.244. The fourth-order valence-corrected chi connectivity index (χ4v) is 2.75. The predicted molar refractivity (Wildman–Crippen MR) is 64.5 cm³/mol. The highest BCUT2D eigenvalue weighted by molar-refractivity contribution is 5.19. The Kier molecular flexibility index (Phi) is 3.42. The van der Waals surface area contributed by atoms with Gasteiger partial charge in [-0.2, -0.15) is 0 Å². The first-order valence-corrected chi connectivity index (χ1v) is 6.08. The first-order chi connectivity index (χ1) is 7.27. The maximum atomic E-state index is 6.33. The molecule has 1 aromatic rings. The van der Waals surface area contributed by atoms with Crippen LogP contribution in [-0.4, -0.2) is 0 Å². The highest BCUT2D eigenvalue weighted by Gasteiger charge is 2.24. The predicted octanol–water partition coefficient (Wildman–Crippen LogP) is 3.51. The molecular formula is C14H21N. The van der Waals surface area contributed by atoms with Crippen molar-refractivity contribution in [3.63, 3.8) is 0 Å². The van der Waals surface area contributed by atoms with Gasteiger partial charge in [0.05, 0.1) is 0 Å². The van der Waals surface area contributed by atoms with Crippen molar-refractivity contribution < 1.29 is 0 Å². The molecule has 0 aromatic heterocycles. The third-order valence-corrected chi connectivity index (χ3v) is 3.67. The molecule has 1 aromatic carbocycles. The van der Waals surface area contributed by atoms with Gasteiger partial charge < -0.3 is 5.73 Å². The first kappa shape index (κ1) is 10.7. The largest absolute Gasteiger partial charge is 0.324 e. The summed E-state index contributed by atoms with van der Waals surface area (Å²) in [7, 11) is 0. The molecule has 0 radical (unpaired) electrons. The van der Waals surface area contributed by atoms with Crippen LogP contribution >= 0.6 is 0 Å². The molecule has 3 atom stereocenters. The summed E-state index contributed by atoms with van der Waals surface area (Å²) in [5.41, 5.74) is 7.63. The zero-order valence-corrected chi connectivity index (χ0v) is 9.52. The van der Waals surface area contributed by atoms with Gasteiger partial charge in [-0.1, -0.05) is 50.1 Å². The Morgan fingerprint density at radius 1 is 1.20 bits per heavy atom. The molecule has 2 rings (SSSR count). The SMILES string of the molecule is CC1CCCC(C(N)c2ccccc2)C1. The molecule has 1 nitrogen and oxygen atoms in total. The minimum Gasteiger partial charge on any atom is -0.324 e. The molecule has 1 aliphatic rings. The van der Waals surface area contributed by atoms with Crippen molar-refractivity contribution in [3.05, 3.63) is 35.9 Å². The molecule has 1 heteroatoms. The van der Waals surface area contributed by atoms with Crippen molar-refractivity contribution in [1.82, 2.24) is 0 Å². The molecule has 2 N–H and O–H groups in total. The van der Waals surface area contributed by atoms with Gasteiger partial charge in [0.1, 0.15) is 0 Å². The highest BCUT2D eigenvalue weighted by atomic mass is 14.7. The van der Waals surface area contributed by atoms with E-state index in [4.69, 9.17) is 5.73 Å². The normalized spacial score (nSPS) is 28.7. The van der Waals surface area contributed by atoms with Crippen molar-refractivity contribution >= 4 is 0 Å². The molecule has 0 spiro atoms. The van der Waals surface area contributed by atoms with Crippen LogP contribution in [0.1, 0.15) is 44.2 Å². The summed E-state index contributed by atoms with van der Waals surface area (Å²) in [4.78, 5) is 0. The Hall–Kier alpha value is -0.820. The lowest BCUT2D eigenvalue weighted by atomic mass is 9.77. The zero-order chi connectivity index (χ0) is 10.7. The van der Waals surface area contributed by atoms with Crippen LogP contribution in [0.15, 0.2) is 30.3 Å². The van der Waals surface area contributed by atoms with E-state index in [2.05, 4.69) is 37.3 Å². The van der Waals surface area contributed by atoms with Crippen molar-refractivity contribution in [2.75, 3.05) is 0 Å². The minimum atomic E-state index is 0.244. The fourth-order valence-electron chi connectivity index (χ4n) is 2.75. The van der Waals surface area contributed by atoms with Gasteiger partial charge in [-0.15, -0.1) is 0 Å². The molecule has 15 heavy (non-hydrogen) atoms. The van der Waals surface area contributed by atoms with Gasteiger partial charge in [0.2, 0.25) is 0 Å². The third kappa shape index (κ3) is 2.60. The summed E-state index contributed by atoms with van der Waals surface area (Å²) < 4.78 is 0. The van der Waals surface area contributed by atoms with E-state index in [1.165, 1.54) is 31.2 Å². The number of rotatable bonds is 2. The van der Waals surface area contributed by atoms with Crippen LogP contribution in [0.4, 0.5) is 0 Å². The molecule has 82 valence electrons. The topological polar surface area (TPSA) is 26.0 Å². The summed E-state index contributed by atoms with van der Waals surface area (Å²) in [6.07, 6.45) is 5.35. The molecule has 0 aliphatic heterocycles. The molecule has 3 unspecified atom stereocenters. The molecule has 1 fully saturated rings. The molecule has 1 saturated carbocycles. The quantitative estimate of drug-likeness (QED) is 0.782. The number of hydrogen-bond donors (Lipinski definition) is 1. The summed E-state index contributed by atoms with van der Waals surface area (Å²) in [6.45, 7) is 2.35. The highest BCUT2D eigenvalue weighted by Crippen LogP contribution is 2.35. The summed E-state index contributed by atoms with van der Waals surface area (Å²) in [6, 6.07) is 10.8. The van der Waals surface area contributed by atoms with Gasteiger partial charge >= 0.3 is 0 Å².